The van der Waals surface area contributed by atoms with E-state index in [-0.39, 0.29) is 10.8 Å². The first kappa shape index (κ1) is 38.9. The summed E-state index contributed by atoms with van der Waals surface area (Å²) < 4.78 is 11.6. The summed E-state index contributed by atoms with van der Waals surface area (Å²) in [5, 5.41) is 7.11. The van der Waals surface area contributed by atoms with E-state index in [2.05, 4.69) is 207 Å². The molecular formula is C60H48N4O. The van der Waals surface area contributed by atoms with Gasteiger partial charge in [-0.1, -0.05) is 139 Å². The van der Waals surface area contributed by atoms with E-state index >= 15 is 0 Å². The molecule has 0 fully saturated rings. The highest BCUT2D eigenvalue weighted by molar-refractivity contribution is 6.11. The van der Waals surface area contributed by atoms with E-state index in [0.29, 0.717) is 5.89 Å². The van der Waals surface area contributed by atoms with Gasteiger partial charge >= 0.3 is 0 Å². The fourth-order valence-electron chi connectivity index (χ4n) is 9.85. The zero-order valence-corrected chi connectivity index (χ0v) is 37.5. The molecule has 5 nitrogen and oxygen atoms in total. The summed E-state index contributed by atoms with van der Waals surface area (Å²) in [7, 11) is 0. The third kappa shape index (κ3) is 6.36. The number of hydrogen-bond acceptors (Lipinski definition) is 3. The van der Waals surface area contributed by atoms with Gasteiger partial charge in [0.05, 0.1) is 27.8 Å². The number of fused-ring (bicyclic) bond motifs is 9. The predicted octanol–water partition coefficient (Wildman–Crippen LogP) is 16.2. The number of hydrogen-bond donors (Lipinski definition) is 0. The molecule has 0 aliphatic heterocycles. The molecule has 4 aromatic heterocycles. The van der Waals surface area contributed by atoms with Crippen LogP contribution in [-0.4, -0.2) is 19.1 Å². The first-order chi connectivity index (χ1) is 31.5. The number of oxazole rings is 1. The average Bonchev–Trinajstić information content (AvgIpc) is 4.01. The molecule has 0 N–H and O–H groups in total. The number of pyridine rings is 1. The Morgan fingerprint density at radius 1 is 0.431 bits per heavy atom. The molecule has 0 unspecified atom stereocenters. The first-order valence-electron chi connectivity index (χ1n) is 22.6. The predicted molar refractivity (Wildman–Crippen MR) is 272 cm³/mol. The van der Waals surface area contributed by atoms with Crippen LogP contribution < -0.4 is 0 Å². The minimum atomic E-state index is 0.0112. The average molecular weight is 841 g/mol. The van der Waals surface area contributed by atoms with Crippen molar-refractivity contribution < 1.29 is 4.42 Å². The summed E-state index contributed by atoms with van der Waals surface area (Å²) in [5.74, 6) is 0.578. The molecular weight excluding hydrogens is 793 g/mol. The van der Waals surface area contributed by atoms with E-state index in [1.165, 1.54) is 43.7 Å². The molecule has 0 atom stereocenters. The van der Waals surface area contributed by atoms with Crippen molar-refractivity contribution in [1.29, 1.82) is 0 Å². The fraction of sp³-hybridized carbons (Fsp3) is 0.133. The van der Waals surface area contributed by atoms with Gasteiger partial charge in [0.2, 0.25) is 5.89 Å². The number of benzene rings is 8. The highest BCUT2D eigenvalue weighted by Gasteiger charge is 2.23. The molecule has 0 aliphatic rings. The lowest BCUT2D eigenvalue weighted by Gasteiger charge is -2.19. The Kier molecular flexibility index (Phi) is 8.60. The summed E-state index contributed by atoms with van der Waals surface area (Å²) >= 11 is 0. The van der Waals surface area contributed by atoms with Crippen molar-refractivity contribution in [2.75, 3.05) is 0 Å². The van der Waals surface area contributed by atoms with Crippen LogP contribution in [0.2, 0.25) is 0 Å². The van der Waals surface area contributed by atoms with E-state index in [0.717, 1.165) is 72.2 Å². The Hall–Kier alpha value is -7.76. The first-order valence-corrected chi connectivity index (χ1v) is 22.6. The van der Waals surface area contributed by atoms with Crippen LogP contribution in [0.4, 0.5) is 0 Å². The molecule has 5 heteroatoms. The van der Waals surface area contributed by atoms with Crippen LogP contribution >= 0.6 is 0 Å². The van der Waals surface area contributed by atoms with Gasteiger partial charge in [-0.3, -0.25) is 4.98 Å². The van der Waals surface area contributed by atoms with E-state index < -0.39 is 0 Å². The Balaban J connectivity index is 1.04. The van der Waals surface area contributed by atoms with E-state index in [1.54, 1.807) is 0 Å². The Bertz CT molecular complexity index is 3780. The van der Waals surface area contributed by atoms with Crippen molar-refractivity contribution in [3.63, 3.8) is 0 Å². The number of para-hydroxylation sites is 2. The molecule has 314 valence electrons. The van der Waals surface area contributed by atoms with Crippen molar-refractivity contribution in [2.45, 2.75) is 52.4 Å². The molecule has 0 saturated carbocycles. The lowest BCUT2D eigenvalue weighted by Crippen LogP contribution is -2.10. The zero-order valence-electron chi connectivity index (χ0n) is 37.5. The summed E-state index contributed by atoms with van der Waals surface area (Å²) in [4.78, 5) is 9.93. The van der Waals surface area contributed by atoms with Crippen molar-refractivity contribution >= 4 is 65.5 Å². The Morgan fingerprint density at radius 3 is 1.77 bits per heavy atom. The van der Waals surface area contributed by atoms with Crippen LogP contribution in [0.1, 0.15) is 52.7 Å². The van der Waals surface area contributed by atoms with Gasteiger partial charge in [-0.2, -0.15) is 0 Å². The molecule has 0 radical (unpaired) electrons. The van der Waals surface area contributed by atoms with Gasteiger partial charge in [-0.05, 0) is 117 Å². The van der Waals surface area contributed by atoms with Crippen LogP contribution in [0, 0.1) is 0 Å². The lowest BCUT2D eigenvalue weighted by molar-refractivity contribution is 0.591. The third-order valence-corrected chi connectivity index (χ3v) is 13.3. The van der Waals surface area contributed by atoms with E-state index in [4.69, 9.17) is 9.40 Å². The fourth-order valence-corrected chi connectivity index (χ4v) is 9.85. The Labute approximate surface area is 378 Å². The van der Waals surface area contributed by atoms with Crippen molar-refractivity contribution in [1.82, 2.24) is 19.1 Å². The second-order valence-corrected chi connectivity index (χ2v) is 19.5. The van der Waals surface area contributed by atoms with Crippen LogP contribution in [0.3, 0.4) is 0 Å². The molecule has 0 aliphatic carbocycles. The summed E-state index contributed by atoms with van der Waals surface area (Å²) in [6.07, 6.45) is 1.83. The van der Waals surface area contributed by atoms with Gasteiger partial charge in [-0.25, -0.2) is 4.98 Å². The number of nitrogens with zero attached hydrogens (tertiary/aromatic N) is 4. The van der Waals surface area contributed by atoms with Gasteiger partial charge in [0.1, 0.15) is 5.52 Å². The second kappa shape index (κ2) is 14.4. The van der Waals surface area contributed by atoms with Gasteiger partial charge in [-0.15, -0.1) is 0 Å². The quantitative estimate of drug-likeness (QED) is 0.173. The smallest absolute Gasteiger partial charge is 0.228 e. The maximum atomic E-state index is 6.80. The van der Waals surface area contributed by atoms with Crippen LogP contribution in [0.5, 0.6) is 0 Å². The number of aromatic nitrogens is 4. The lowest BCUT2D eigenvalue weighted by atomic mass is 9.85. The molecule has 0 saturated heterocycles. The minimum absolute atomic E-state index is 0.0112. The summed E-state index contributed by atoms with van der Waals surface area (Å²) in [6, 6.07) is 63.7. The molecule has 8 aromatic carbocycles. The molecule has 12 rings (SSSR count). The monoisotopic (exact) mass is 840 g/mol. The zero-order chi connectivity index (χ0) is 44.2. The molecule has 0 bridgehead atoms. The normalized spacial score (nSPS) is 12.5. The second-order valence-electron chi connectivity index (χ2n) is 19.5. The minimum Gasteiger partial charge on any atom is -0.436 e. The topological polar surface area (TPSA) is 48.8 Å². The van der Waals surface area contributed by atoms with Crippen molar-refractivity contribution in [2.24, 2.45) is 0 Å². The summed E-state index contributed by atoms with van der Waals surface area (Å²) in [5.41, 5.74) is 16.2. The summed E-state index contributed by atoms with van der Waals surface area (Å²) in [6.45, 7) is 13.7. The highest BCUT2D eigenvalue weighted by Crippen LogP contribution is 2.42. The SMILES string of the molecule is CC(C)(C)c1ccc2c(c1)c1ccc(C(C)(C)C)cc1n2-c1ccc(-c2ccc(-n3c4ccccc4c4ccccc43)cc2-c2nc3c(ccc4cc(-c5ccccn5)ccc43)o2)cc1. The van der Waals surface area contributed by atoms with Gasteiger partial charge in [0.15, 0.2) is 5.58 Å². The molecule has 4 heterocycles. The molecule has 12 aromatic rings. The van der Waals surface area contributed by atoms with E-state index in [1.807, 2.05) is 30.5 Å². The van der Waals surface area contributed by atoms with Gasteiger partial charge < -0.3 is 13.6 Å². The number of rotatable bonds is 5. The van der Waals surface area contributed by atoms with Crippen molar-refractivity contribution in [3.05, 3.63) is 193 Å². The molecule has 65 heavy (non-hydrogen) atoms. The standard InChI is InChI=1S/C60H48N4O/c1-59(2,3)40-23-30-54-49(34-40)48-28-22-41(60(4,5)6)35-55(48)63(54)42-24-18-37(19-25-42)44-29-26-43(64-52-16-9-7-13-46(52)47-14-8-10-17-53(47)64)36-50(44)58-62-57-45-27-20-39(51-15-11-12-32-61-51)33-38(45)21-31-56(57)65-58/h7-36H,1-6H3. The van der Waals surface area contributed by atoms with Crippen molar-refractivity contribution in [3.8, 4) is 45.2 Å². The van der Waals surface area contributed by atoms with Crippen LogP contribution in [-0.2, 0) is 10.8 Å². The van der Waals surface area contributed by atoms with Crippen LogP contribution in [0.25, 0.3) is 111 Å². The maximum absolute atomic E-state index is 6.80. The Morgan fingerprint density at radius 2 is 1.05 bits per heavy atom. The van der Waals surface area contributed by atoms with Gasteiger partial charge in [0.25, 0.3) is 0 Å². The highest BCUT2D eigenvalue weighted by atomic mass is 16.3. The molecule has 0 amide bonds. The molecule has 0 spiro atoms. The van der Waals surface area contributed by atoms with Gasteiger partial charge in [0, 0.05) is 55.6 Å². The largest absolute Gasteiger partial charge is 0.436 e. The van der Waals surface area contributed by atoms with E-state index in [9.17, 15) is 0 Å². The van der Waals surface area contributed by atoms with Crippen LogP contribution in [0.15, 0.2) is 187 Å². The third-order valence-electron chi connectivity index (χ3n) is 13.3. The maximum Gasteiger partial charge on any atom is 0.228 e.